The molecule has 0 bridgehead atoms. The normalized spacial score (nSPS) is 13.5. The van der Waals surface area contributed by atoms with E-state index in [-0.39, 0.29) is 28.5 Å². The maximum Gasteiger partial charge on any atom is 0.267 e. The van der Waals surface area contributed by atoms with E-state index in [1.165, 1.54) is 16.7 Å². The second-order valence-electron chi connectivity index (χ2n) is 10.6. The maximum atomic E-state index is 13.3. The summed E-state index contributed by atoms with van der Waals surface area (Å²) in [5.74, 6) is -1.41. The molecular formula is C26H33FN4O4Si. The van der Waals surface area contributed by atoms with Crippen molar-refractivity contribution in [3.8, 4) is 5.75 Å². The highest BCUT2D eigenvalue weighted by Gasteiger charge is 2.37. The van der Waals surface area contributed by atoms with Crippen molar-refractivity contribution in [2.24, 2.45) is 0 Å². The molecule has 3 aromatic rings. The van der Waals surface area contributed by atoms with Crippen LogP contribution in [0.2, 0.25) is 18.1 Å². The predicted molar refractivity (Wildman–Crippen MR) is 141 cm³/mol. The number of benzene rings is 1. The molecule has 8 nitrogen and oxygen atoms in total. The van der Waals surface area contributed by atoms with Gasteiger partial charge in [-0.15, -0.1) is 0 Å². The van der Waals surface area contributed by atoms with Crippen molar-refractivity contribution in [2.75, 3.05) is 25.0 Å². The third-order valence-electron chi connectivity index (χ3n) is 7.15. The SMILES string of the molecule is CC(C)(C)[Si](C)(C)OCCNC(=O)c1c(O)c2ncc(Cc3ccc(F)cc3)c3c2n(c1=O)CCN3. The molecule has 0 saturated carbocycles. The van der Waals surface area contributed by atoms with E-state index in [0.717, 1.165) is 11.1 Å². The van der Waals surface area contributed by atoms with Crippen LogP contribution in [0.25, 0.3) is 11.0 Å². The lowest BCUT2D eigenvalue weighted by Gasteiger charge is -2.36. The molecule has 0 aliphatic carbocycles. The number of carbonyl (C=O) groups excluding carboxylic acids is 1. The van der Waals surface area contributed by atoms with E-state index in [4.69, 9.17) is 4.43 Å². The highest BCUT2D eigenvalue weighted by atomic mass is 28.4. The number of nitrogens with zero attached hydrogens (tertiary/aromatic N) is 2. The number of rotatable bonds is 7. The van der Waals surface area contributed by atoms with E-state index in [1.807, 2.05) is 0 Å². The van der Waals surface area contributed by atoms with Gasteiger partial charge in [-0.25, -0.2) is 4.39 Å². The molecule has 1 amide bonds. The van der Waals surface area contributed by atoms with Crippen LogP contribution in [-0.2, 0) is 17.4 Å². The second-order valence-corrected chi connectivity index (χ2v) is 15.4. The van der Waals surface area contributed by atoms with Crippen molar-refractivity contribution in [3.63, 3.8) is 0 Å². The molecule has 3 N–H and O–H groups in total. The summed E-state index contributed by atoms with van der Waals surface area (Å²) < 4.78 is 20.9. The molecule has 4 rings (SSSR count). The minimum Gasteiger partial charge on any atom is -0.505 e. The first-order chi connectivity index (χ1) is 16.9. The topological polar surface area (TPSA) is 105 Å². The number of pyridine rings is 2. The minimum absolute atomic E-state index is 0.0437. The van der Waals surface area contributed by atoms with E-state index in [0.29, 0.717) is 37.3 Å². The lowest BCUT2D eigenvalue weighted by molar-refractivity contribution is 0.0941. The highest BCUT2D eigenvalue weighted by Crippen LogP contribution is 2.36. The van der Waals surface area contributed by atoms with Crippen LogP contribution in [0.4, 0.5) is 10.1 Å². The molecule has 1 aromatic carbocycles. The molecule has 1 aliphatic rings. The monoisotopic (exact) mass is 512 g/mol. The van der Waals surface area contributed by atoms with Crippen LogP contribution in [0.15, 0.2) is 35.3 Å². The van der Waals surface area contributed by atoms with Gasteiger partial charge < -0.3 is 24.7 Å². The minimum atomic E-state index is -1.97. The summed E-state index contributed by atoms with van der Waals surface area (Å²) >= 11 is 0. The Kier molecular flexibility index (Phi) is 6.94. The Labute approximate surface area is 210 Å². The van der Waals surface area contributed by atoms with Gasteiger partial charge in [-0.2, -0.15) is 0 Å². The number of halogens is 1. The van der Waals surface area contributed by atoms with Crippen molar-refractivity contribution >= 4 is 30.9 Å². The van der Waals surface area contributed by atoms with Crippen LogP contribution < -0.4 is 16.2 Å². The fourth-order valence-corrected chi connectivity index (χ4v) is 5.12. The Hall–Kier alpha value is -3.24. The maximum absolute atomic E-state index is 13.3. The summed E-state index contributed by atoms with van der Waals surface area (Å²) in [5, 5.41) is 17.0. The molecule has 0 spiro atoms. The van der Waals surface area contributed by atoms with Crippen molar-refractivity contribution in [3.05, 3.63) is 63.3 Å². The number of aromatic hydroxyl groups is 1. The van der Waals surface area contributed by atoms with Gasteiger partial charge in [-0.1, -0.05) is 32.9 Å². The first-order valence-corrected chi connectivity index (χ1v) is 15.0. The molecule has 0 saturated heterocycles. The molecule has 0 atom stereocenters. The Balaban J connectivity index is 1.61. The van der Waals surface area contributed by atoms with Crippen molar-refractivity contribution < 1.29 is 18.7 Å². The zero-order valence-electron chi connectivity index (χ0n) is 21.4. The lowest BCUT2D eigenvalue weighted by Crippen LogP contribution is -2.43. The first-order valence-electron chi connectivity index (χ1n) is 12.1. The molecule has 0 unspecified atom stereocenters. The van der Waals surface area contributed by atoms with Crippen LogP contribution in [0, 0.1) is 5.82 Å². The second kappa shape index (κ2) is 9.66. The van der Waals surface area contributed by atoms with Gasteiger partial charge >= 0.3 is 0 Å². The number of anilines is 1. The number of nitrogens with one attached hydrogen (secondary N) is 2. The van der Waals surface area contributed by atoms with Gasteiger partial charge in [0, 0.05) is 37.8 Å². The number of carbonyl (C=O) groups is 1. The number of hydrogen-bond acceptors (Lipinski definition) is 6. The molecule has 10 heteroatoms. The van der Waals surface area contributed by atoms with Crippen LogP contribution in [0.1, 0.15) is 42.3 Å². The molecule has 0 radical (unpaired) electrons. The molecule has 3 heterocycles. The van der Waals surface area contributed by atoms with E-state index in [9.17, 15) is 19.1 Å². The average Bonchev–Trinajstić information content (AvgIpc) is 2.81. The summed E-state index contributed by atoms with van der Waals surface area (Å²) in [6, 6.07) is 6.18. The van der Waals surface area contributed by atoms with Crippen LogP contribution in [0.5, 0.6) is 5.75 Å². The predicted octanol–water partition coefficient (Wildman–Crippen LogP) is 4.01. The fourth-order valence-electron chi connectivity index (χ4n) is 4.07. The molecule has 192 valence electrons. The van der Waals surface area contributed by atoms with Gasteiger partial charge in [0.25, 0.3) is 11.5 Å². The summed E-state index contributed by atoms with van der Waals surface area (Å²) in [6.45, 7) is 12.0. The van der Waals surface area contributed by atoms with Crippen LogP contribution in [-0.4, -0.2) is 48.6 Å². The van der Waals surface area contributed by atoms with Gasteiger partial charge in [-0.05, 0) is 35.8 Å². The smallest absolute Gasteiger partial charge is 0.267 e. The number of amides is 1. The summed E-state index contributed by atoms with van der Waals surface area (Å²) in [6.07, 6.45) is 2.08. The van der Waals surface area contributed by atoms with Crippen LogP contribution in [0.3, 0.4) is 0 Å². The van der Waals surface area contributed by atoms with Gasteiger partial charge in [0.05, 0.1) is 17.8 Å². The van der Waals surface area contributed by atoms with E-state index < -0.39 is 25.5 Å². The quantitative estimate of drug-likeness (QED) is 0.326. The number of aromatic nitrogens is 2. The first kappa shape index (κ1) is 25.8. The summed E-state index contributed by atoms with van der Waals surface area (Å²) in [4.78, 5) is 30.7. The van der Waals surface area contributed by atoms with Gasteiger partial charge in [0.1, 0.15) is 16.9 Å². The highest BCUT2D eigenvalue weighted by molar-refractivity contribution is 6.74. The van der Waals surface area contributed by atoms with Crippen molar-refractivity contribution in [1.82, 2.24) is 14.9 Å². The Bertz CT molecular complexity index is 1360. The average molecular weight is 513 g/mol. The molecular weight excluding hydrogens is 479 g/mol. The van der Waals surface area contributed by atoms with Gasteiger partial charge in [0.2, 0.25) is 0 Å². The molecule has 36 heavy (non-hydrogen) atoms. The molecule has 1 aliphatic heterocycles. The Morgan fingerprint density at radius 2 is 1.97 bits per heavy atom. The molecule has 2 aromatic heterocycles. The van der Waals surface area contributed by atoms with E-state index in [2.05, 4.69) is 49.5 Å². The lowest BCUT2D eigenvalue weighted by atomic mass is 10.0. The van der Waals surface area contributed by atoms with Gasteiger partial charge in [0.15, 0.2) is 14.1 Å². The van der Waals surface area contributed by atoms with Crippen LogP contribution >= 0.6 is 0 Å². The third kappa shape index (κ3) is 4.87. The number of hydrogen-bond donors (Lipinski definition) is 3. The van der Waals surface area contributed by atoms with Gasteiger partial charge in [-0.3, -0.25) is 14.6 Å². The van der Waals surface area contributed by atoms with E-state index >= 15 is 0 Å². The standard InChI is InChI=1S/C26H33FN4O4Si/c1-26(2,3)36(4,5)35-13-11-29-24(33)19-23(32)21-22-20(28-10-12-31(22)25(19)34)17(15-30-21)14-16-6-8-18(27)9-7-16/h6-9,15,28,32H,10-14H2,1-5H3,(H,29,33). The zero-order chi connectivity index (χ0) is 26.3. The van der Waals surface area contributed by atoms with Crippen molar-refractivity contribution in [2.45, 2.75) is 51.9 Å². The Morgan fingerprint density at radius 1 is 1.28 bits per heavy atom. The summed E-state index contributed by atoms with van der Waals surface area (Å²) in [5.41, 5.74) is 2.13. The summed E-state index contributed by atoms with van der Waals surface area (Å²) in [7, 11) is -1.97. The zero-order valence-corrected chi connectivity index (χ0v) is 22.4. The molecule has 0 fully saturated rings. The van der Waals surface area contributed by atoms with Crippen molar-refractivity contribution in [1.29, 1.82) is 0 Å². The van der Waals surface area contributed by atoms with E-state index in [1.54, 1.807) is 18.3 Å². The largest absolute Gasteiger partial charge is 0.505 e. The third-order valence-corrected chi connectivity index (χ3v) is 11.7. The Morgan fingerprint density at radius 3 is 2.64 bits per heavy atom. The fraction of sp³-hybridized carbons (Fsp3) is 0.423.